The van der Waals surface area contributed by atoms with Gasteiger partial charge < -0.3 is 10.1 Å². The number of nitrogens with one attached hydrogen (secondary N) is 2. The minimum Gasteiger partial charge on any atom is -0.465 e. The van der Waals surface area contributed by atoms with Crippen LogP contribution < -0.4 is 10.7 Å². The second-order valence-electron chi connectivity index (χ2n) is 10.1. The summed E-state index contributed by atoms with van der Waals surface area (Å²) >= 11 is 1.58. The molecule has 1 heterocycles. The van der Waals surface area contributed by atoms with Gasteiger partial charge in [0.05, 0.1) is 30.2 Å². The summed E-state index contributed by atoms with van der Waals surface area (Å²) in [4.78, 5) is 24.2. The number of carbonyl (C=O) groups excluding carboxylic acids is 2. The van der Waals surface area contributed by atoms with Crippen LogP contribution in [-0.4, -0.2) is 30.5 Å². The molecule has 2 aliphatic rings. The van der Waals surface area contributed by atoms with E-state index in [2.05, 4.69) is 71.3 Å². The summed E-state index contributed by atoms with van der Waals surface area (Å²) in [6.07, 6.45) is 5.53. The lowest BCUT2D eigenvalue weighted by atomic mass is 9.76. The van der Waals surface area contributed by atoms with Crippen LogP contribution in [0.1, 0.15) is 63.5 Å². The SMILES string of the molecule is COC(=O)c1ccc(C2Nc3ccc(/C(C)=N/NC(=O)CSCc4ccc(C)cc4)cc3C3C=CCC32)cc1. The van der Waals surface area contributed by atoms with Crippen LogP contribution >= 0.6 is 11.8 Å². The van der Waals surface area contributed by atoms with Gasteiger partial charge in [-0.05, 0) is 72.7 Å². The van der Waals surface area contributed by atoms with Crippen molar-refractivity contribution < 1.29 is 14.3 Å². The van der Waals surface area contributed by atoms with Crippen LogP contribution in [0.25, 0.3) is 0 Å². The van der Waals surface area contributed by atoms with Crippen molar-refractivity contribution in [2.75, 3.05) is 18.2 Å². The molecular weight excluding hydrogens is 506 g/mol. The maximum absolute atomic E-state index is 12.4. The minimum absolute atomic E-state index is 0.106. The predicted octanol–water partition coefficient (Wildman–Crippen LogP) is 6.38. The molecule has 6 nitrogen and oxygen atoms in total. The van der Waals surface area contributed by atoms with E-state index in [1.54, 1.807) is 11.8 Å². The summed E-state index contributed by atoms with van der Waals surface area (Å²) in [5, 5.41) is 8.12. The van der Waals surface area contributed by atoms with Crippen molar-refractivity contribution in [2.45, 2.75) is 38.0 Å². The number of allylic oxidation sites excluding steroid dienone is 2. The first kappa shape index (κ1) is 26.8. The van der Waals surface area contributed by atoms with Crippen LogP contribution in [0.15, 0.2) is 84.0 Å². The highest BCUT2D eigenvalue weighted by Crippen LogP contribution is 2.50. The number of aryl methyl sites for hydroxylation is 1. The number of rotatable bonds is 8. The molecule has 0 radical (unpaired) electrons. The fraction of sp³-hybridized carbons (Fsp3) is 0.281. The van der Waals surface area contributed by atoms with Gasteiger partial charge in [0.15, 0.2) is 0 Å². The lowest BCUT2D eigenvalue weighted by Gasteiger charge is -2.37. The van der Waals surface area contributed by atoms with E-state index in [4.69, 9.17) is 4.74 Å². The number of ether oxygens (including phenoxy) is 1. The molecule has 0 spiro atoms. The molecule has 0 bridgehead atoms. The fourth-order valence-electron chi connectivity index (χ4n) is 5.28. The third kappa shape index (κ3) is 6.09. The van der Waals surface area contributed by atoms with Gasteiger partial charge in [0.1, 0.15) is 0 Å². The molecule has 2 N–H and O–H groups in total. The summed E-state index contributed by atoms with van der Waals surface area (Å²) in [6.45, 7) is 3.99. The summed E-state index contributed by atoms with van der Waals surface area (Å²) in [5.41, 5.74) is 11.0. The number of benzene rings is 3. The minimum atomic E-state index is -0.328. The number of nitrogens with zero attached hydrogens (tertiary/aromatic N) is 1. The number of hydrogen-bond donors (Lipinski definition) is 2. The van der Waals surface area contributed by atoms with E-state index in [0.29, 0.717) is 17.2 Å². The highest BCUT2D eigenvalue weighted by Gasteiger charge is 2.38. The number of thioether (sulfide) groups is 1. The Hall–Kier alpha value is -3.84. The van der Waals surface area contributed by atoms with Crippen molar-refractivity contribution in [1.82, 2.24) is 5.43 Å². The maximum atomic E-state index is 12.4. The number of esters is 1. The third-order valence-corrected chi connectivity index (χ3v) is 8.45. The summed E-state index contributed by atoms with van der Waals surface area (Å²) in [6, 6.07) is 22.5. The largest absolute Gasteiger partial charge is 0.465 e. The molecule has 1 aliphatic carbocycles. The number of amides is 1. The van der Waals surface area contributed by atoms with E-state index >= 15 is 0 Å². The van der Waals surface area contributed by atoms with Crippen LogP contribution in [0.5, 0.6) is 0 Å². The van der Waals surface area contributed by atoms with Gasteiger partial charge in [-0.3, -0.25) is 4.79 Å². The molecule has 0 saturated carbocycles. The van der Waals surface area contributed by atoms with Gasteiger partial charge in [0.2, 0.25) is 5.91 Å². The fourth-order valence-corrected chi connectivity index (χ4v) is 6.06. The lowest BCUT2D eigenvalue weighted by Crippen LogP contribution is -2.29. The zero-order valence-corrected chi connectivity index (χ0v) is 23.3. The molecule has 0 fully saturated rings. The Labute approximate surface area is 233 Å². The van der Waals surface area contributed by atoms with Crippen LogP contribution in [0.2, 0.25) is 0 Å². The van der Waals surface area contributed by atoms with Gasteiger partial charge in [0, 0.05) is 17.4 Å². The van der Waals surface area contributed by atoms with Crippen LogP contribution in [0.3, 0.4) is 0 Å². The van der Waals surface area contributed by atoms with E-state index in [0.717, 1.165) is 34.7 Å². The second kappa shape index (κ2) is 11.9. The average Bonchev–Trinajstić information content (AvgIpc) is 3.46. The molecular formula is C32H33N3O3S. The Balaban J connectivity index is 1.24. The number of carbonyl (C=O) groups is 2. The van der Waals surface area contributed by atoms with Crippen molar-refractivity contribution in [1.29, 1.82) is 0 Å². The van der Waals surface area contributed by atoms with Crippen molar-refractivity contribution in [2.24, 2.45) is 11.0 Å². The first-order valence-corrected chi connectivity index (χ1v) is 14.3. The van der Waals surface area contributed by atoms with Crippen molar-refractivity contribution in [3.05, 3.63) is 112 Å². The van der Waals surface area contributed by atoms with Crippen molar-refractivity contribution in [3.8, 4) is 0 Å². The number of fused-ring (bicyclic) bond motifs is 3. The van der Waals surface area contributed by atoms with Crippen molar-refractivity contribution in [3.63, 3.8) is 0 Å². The topological polar surface area (TPSA) is 79.8 Å². The summed E-state index contributed by atoms with van der Waals surface area (Å²) in [5.74, 6) is 1.37. The first-order valence-electron chi connectivity index (χ1n) is 13.1. The van der Waals surface area contributed by atoms with Gasteiger partial charge in [-0.15, -0.1) is 11.8 Å². The molecule has 1 amide bonds. The molecule has 39 heavy (non-hydrogen) atoms. The van der Waals surface area contributed by atoms with E-state index in [1.807, 2.05) is 37.3 Å². The Bertz CT molecular complexity index is 1410. The molecule has 7 heteroatoms. The number of hydrogen-bond acceptors (Lipinski definition) is 6. The van der Waals surface area contributed by atoms with Gasteiger partial charge in [0.25, 0.3) is 0 Å². The highest BCUT2D eigenvalue weighted by molar-refractivity contribution is 7.99. The van der Waals surface area contributed by atoms with E-state index in [-0.39, 0.29) is 23.8 Å². The summed E-state index contributed by atoms with van der Waals surface area (Å²) in [7, 11) is 1.39. The molecule has 5 rings (SSSR count). The lowest BCUT2D eigenvalue weighted by molar-refractivity contribution is -0.118. The van der Waals surface area contributed by atoms with Crippen LogP contribution in [-0.2, 0) is 15.3 Å². The third-order valence-electron chi connectivity index (χ3n) is 7.44. The van der Waals surface area contributed by atoms with Gasteiger partial charge in [-0.2, -0.15) is 5.10 Å². The normalized spacial score (nSPS) is 19.6. The zero-order valence-electron chi connectivity index (χ0n) is 22.4. The molecule has 1 aliphatic heterocycles. The predicted molar refractivity (Wildman–Crippen MR) is 158 cm³/mol. The summed E-state index contributed by atoms with van der Waals surface area (Å²) < 4.78 is 4.84. The Kier molecular flexibility index (Phi) is 8.17. The molecule has 3 aromatic carbocycles. The average molecular weight is 540 g/mol. The zero-order chi connectivity index (χ0) is 27.4. The monoisotopic (exact) mass is 539 g/mol. The molecule has 3 atom stereocenters. The highest BCUT2D eigenvalue weighted by atomic mass is 32.2. The van der Waals surface area contributed by atoms with Gasteiger partial charge >= 0.3 is 5.97 Å². The number of anilines is 1. The smallest absolute Gasteiger partial charge is 0.337 e. The van der Waals surface area contributed by atoms with Gasteiger partial charge in [-0.1, -0.05) is 60.2 Å². The standard InChI is InChI=1S/C32H33N3O3S/c1-20-7-9-22(10-8-20)18-39-19-30(36)35-34-21(2)25-15-16-29-28(17-25)26-5-4-6-27(26)31(33-29)23-11-13-24(14-12-23)32(37)38-3/h4-5,7-17,26-27,31,33H,6,18-19H2,1-3H3,(H,35,36)/b34-21+. The molecule has 0 saturated heterocycles. The molecule has 3 aromatic rings. The van der Waals surface area contributed by atoms with Crippen LogP contribution in [0, 0.1) is 12.8 Å². The molecule has 3 unspecified atom stereocenters. The van der Waals surface area contributed by atoms with E-state index in [9.17, 15) is 9.59 Å². The maximum Gasteiger partial charge on any atom is 0.337 e. The molecule has 200 valence electrons. The number of methoxy groups -OCH3 is 1. The second-order valence-corrected chi connectivity index (χ2v) is 11.1. The van der Waals surface area contributed by atoms with Crippen molar-refractivity contribution >= 4 is 35.0 Å². The number of hydrazone groups is 1. The first-order chi connectivity index (χ1) is 18.9. The Morgan fingerprint density at radius 3 is 2.54 bits per heavy atom. The Morgan fingerprint density at radius 1 is 1.05 bits per heavy atom. The van der Waals surface area contributed by atoms with E-state index in [1.165, 1.54) is 23.8 Å². The van der Waals surface area contributed by atoms with Gasteiger partial charge in [-0.25, -0.2) is 10.2 Å². The quantitative estimate of drug-likeness (QED) is 0.150. The Morgan fingerprint density at radius 2 is 1.79 bits per heavy atom. The van der Waals surface area contributed by atoms with E-state index < -0.39 is 0 Å². The van der Waals surface area contributed by atoms with Crippen LogP contribution in [0.4, 0.5) is 5.69 Å². The molecule has 0 aromatic heterocycles.